The summed E-state index contributed by atoms with van der Waals surface area (Å²) >= 11 is 6.16. The van der Waals surface area contributed by atoms with Crippen molar-refractivity contribution in [2.24, 2.45) is 0 Å². The van der Waals surface area contributed by atoms with E-state index in [1.54, 1.807) is 50.6 Å². The highest BCUT2D eigenvalue weighted by Crippen LogP contribution is 2.27. The quantitative estimate of drug-likeness (QED) is 0.430. The van der Waals surface area contributed by atoms with E-state index in [1.165, 1.54) is 0 Å². The van der Waals surface area contributed by atoms with Crippen LogP contribution in [0.25, 0.3) is 0 Å². The predicted octanol–water partition coefficient (Wildman–Crippen LogP) is 4.58. The normalized spacial score (nSPS) is 11.2. The molecule has 0 unspecified atom stereocenters. The Bertz CT molecular complexity index is 1090. The molecule has 0 aromatic heterocycles. The Morgan fingerprint density at radius 3 is 2.30 bits per heavy atom. The van der Waals surface area contributed by atoms with Gasteiger partial charge in [-0.25, -0.2) is 4.79 Å². The van der Waals surface area contributed by atoms with Crippen molar-refractivity contribution in [1.29, 1.82) is 0 Å². The molecule has 0 heterocycles. The minimum atomic E-state index is -0.899. The highest BCUT2D eigenvalue weighted by atomic mass is 35.5. The first-order valence-electron chi connectivity index (χ1n) is 10.4. The molecule has 0 radical (unpaired) electrons. The summed E-state index contributed by atoms with van der Waals surface area (Å²) in [5.41, 5.74) is 2.10. The molecule has 0 fully saturated rings. The fourth-order valence-corrected chi connectivity index (χ4v) is 3.43. The smallest absolute Gasteiger partial charge is 0.315 e. The number of para-hydroxylation sites is 1. The molecule has 3 aromatic carbocycles. The molecule has 0 aliphatic heterocycles. The molecule has 0 bridgehead atoms. The van der Waals surface area contributed by atoms with Crippen LogP contribution < -0.4 is 25.4 Å². The maximum atomic E-state index is 13.0. The van der Waals surface area contributed by atoms with Crippen molar-refractivity contribution in [2.75, 3.05) is 26.1 Å². The molecule has 33 heavy (non-hydrogen) atoms. The van der Waals surface area contributed by atoms with Crippen molar-refractivity contribution in [3.63, 3.8) is 0 Å². The standard InChI is InChI=1S/C25H26ClN3O4/c1-32-21-13-12-17(16-22(21)33-2)14-15-27-25(31)29-23(18-8-4-3-5-9-18)24(30)28-20-11-7-6-10-19(20)26/h3-13,16,23H,14-15H2,1-2H3,(H,28,30)(H2,27,29,31)/t23-/m1/s1. The van der Waals surface area contributed by atoms with Crippen LogP contribution in [0.2, 0.25) is 5.02 Å². The van der Waals surface area contributed by atoms with Crippen molar-refractivity contribution in [3.05, 3.63) is 88.9 Å². The molecular weight excluding hydrogens is 442 g/mol. The maximum absolute atomic E-state index is 13.0. The van der Waals surface area contributed by atoms with Gasteiger partial charge in [0, 0.05) is 6.54 Å². The fraction of sp³-hybridized carbons (Fsp3) is 0.200. The van der Waals surface area contributed by atoms with Crippen molar-refractivity contribution in [1.82, 2.24) is 10.6 Å². The minimum Gasteiger partial charge on any atom is -0.493 e. The summed E-state index contributed by atoms with van der Waals surface area (Å²) in [6.45, 7) is 0.370. The predicted molar refractivity (Wildman–Crippen MR) is 129 cm³/mol. The number of halogens is 1. The number of carbonyl (C=O) groups is 2. The summed E-state index contributed by atoms with van der Waals surface area (Å²) in [6, 6.07) is 20.2. The summed E-state index contributed by atoms with van der Waals surface area (Å²) in [5.74, 6) is 0.867. The summed E-state index contributed by atoms with van der Waals surface area (Å²) in [7, 11) is 3.15. The topological polar surface area (TPSA) is 88.7 Å². The Balaban J connectivity index is 1.63. The lowest BCUT2D eigenvalue weighted by Crippen LogP contribution is -2.43. The lowest BCUT2D eigenvalue weighted by atomic mass is 10.1. The van der Waals surface area contributed by atoms with Crippen LogP contribution in [0.3, 0.4) is 0 Å². The van der Waals surface area contributed by atoms with Crippen LogP contribution in [0.15, 0.2) is 72.8 Å². The second-order valence-electron chi connectivity index (χ2n) is 7.15. The summed E-state index contributed by atoms with van der Waals surface area (Å²) < 4.78 is 10.6. The van der Waals surface area contributed by atoms with Gasteiger partial charge in [0.25, 0.3) is 5.91 Å². The van der Waals surface area contributed by atoms with Gasteiger partial charge in [0.15, 0.2) is 11.5 Å². The first-order chi connectivity index (χ1) is 16.0. The van der Waals surface area contributed by atoms with E-state index in [2.05, 4.69) is 16.0 Å². The van der Waals surface area contributed by atoms with Gasteiger partial charge in [0.2, 0.25) is 0 Å². The van der Waals surface area contributed by atoms with E-state index in [9.17, 15) is 9.59 Å². The number of rotatable bonds is 9. The zero-order chi connectivity index (χ0) is 23.6. The van der Waals surface area contributed by atoms with Crippen LogP contribution in [0.1, 0.15) is 17.2 Å². The number of amides is 3. The Hall–Kier alpha value is -3.71. The Labute approximate surface area is 198 Å². The van der Waals surface area contributed by atoms with Crippen LogP contribution in [-0.4, -0.2) is 32.7 Å². The third-order valence-corrected chi connectivity index (χ3v) is 5.28. The summed E-state index contributed by atoms with van der Waals surface area (Å²) in [4.78, 5) is 25.6. The number of ether oxygens (including phenoxy) is 2. The van der Waals surface area contributed by atoms with Crippen LogP contribution in [0.5, 0.6) is 11.5 Å². The molecule has 0 aliphatic carbocycles. The second kappa shape index (κ2) is 11.8. The number of hydrogen-bond acceptors (Lipinski definition) is 4. The van der Waals surface area contributed by atoms with Crippen molar-refractivity contribution in [3.8, 4) is 11.5 Å². The Morgan fingerprint density at radius 1 is 0.909 bits per heavy atom. The van der Waals surface area contributed by atoms with E-state index in [0.717, 1.165) is 5.56 Å². The molecule has 0 spiro atoms. The van der Waals surface area contributed by atoms with Gasteiger partial charge in [-0.3, -0.25) is 4.79 Å². The number of nitrogens with one attached hydrogen (secondary N) is 3. The average molecular weight is 468 g/mol. The van der Waals surface area contributed by atoms with Gasteiger partial charge < -0.3 is 25.4 Å². The van der Waals surface area contributed by atoms with Gasteiger partial charge in [-0.2, -0.15) is 0 Å². The van der Waals surface area contributed by atoms with E-state index >= 15 is 0 Å². The number of carbonyl (C=O) groups excluding carboxylic acids is 2. The molecule has 172 valence electrons. The van der Waals surface area contributed by atoms with Gasteiger partial charge in [0.05, 0.1) is 24.9 Å². The number of benzene rings is 3. The summed E-state index contributed by atoms with van der Waals surface area (Å²) in [5, 5.41) is 8.74. The zero-order valence-corrected chi connectivity index (χ0v) is 19.2. The molecule has 7 nitrogen and oxygen atoms in total. The summed E-state index contributed by atoms with van der Waals surface area (Å²) in [6.07, 6.45) is 0.579. The molecule has 0 saturated carbocycles. The molecule has 3 rings (SSSR count). The van der Waals surface area contributed by atoms with Gasteiger partial charge >= 0.3 is 6.03 Å². The van der Waals surface area contributed by atoms with E-state index in [0.29, 0.717) is 40.7 Å². The molecule has 3 N–H and O–H groups in total. The number of methoxy groups -OCH3 is 2. The molecule has 3 aromatic rings. The fourth-order valence-electron chi connectivity index (χ4n) is 3.25. The van der Waals surface area contributed by atoms with Gasteiger partial charge in [-0.05, 0) is 41.8 Å². The Morgan fingerprint density at radius 2 is 1.61 bits per heavy atom. The number of hydrogen-bond donors (Lipinski definition) is 3. The molecule has 3 amide bonds. The highest BCUT2D eigenvalue weighted by Gasteiger charge is 2.23. The maximum Gasteiger partial charge on any atom is 0.315 e. The first kappa shape index (κ1) is 23.9. The number of anilines is 1. The van der Waals surface area contributed by atoms with Crippen molar-refractivity contribution < 1.29 is 19.1 Å². The third-order valence-electron chi connectivity index (χ3n) is 4.95. The molecule has 0 saturated heterocycles. The largest absolute Gasteiger partial charge is 0.493 e. The van der Waals surface area contributed by atoms with Crippen LogP contribution in [-0.2, 0) is 11.2 Å². The molecule has 0 aliphatic rings. The number of urea groups is 1. The Kier molecular flexibility index (Phi) is 8.55. The first-order valence-corrected chi connectivity index (χ1v) is 10.7. The monoisotopic (exact) mass is 467 g/mol. The van der Waals surface area contributed by atoms with Crippen LogP contribution in [0, 0.1) is 0 Å². The zero-order valence-electron chi connectivity index (χ0n) is 18.4. The van der Waals surface area contributed by atoms with Gasteiger partial charge in [0.1, 0.15) is 6.04 Å². The highest BCUT2D eigenvalue weighted by molar-refractivity contribution is 6.33. The van der Waals surface area contributed by atoms with Gasteiger partial charge in [-0.15, -0.1) is 0 Å². The molecule has 8 heteroatoms. The molecule has 1 atom stereocenters. The van der Waals surface area contributed by atoms with Crippen LogP contribution in [0.4, 0.5) is 10.5 Å². The van der Waals surface area contributed by atoms with Crippen LogP contribution >= 0.6 is 11.6 Å². The van der Waals surface area contributed by atoms with E-state index in [4.69, 9.17) is 21.1 Å². The van der Waals surface area contributed by atoms with E-state index in [1.807, 2.05) is 36.4 Å². The second-order valence-corrected chi connectivity index (χ2v) is 7.56. The van der Waals surface area contributed by atoms with Gasteiger partial charge in [-0.1, -0.05) is 60.1 Å². The average Bonchev–Trinajstić information content (AvgIpc) is 2.84. The lowest BCUT2D eigenvalue weighted by molar-refractivity contribution is -0.118. The molecular formula is C25H26ClN3O4. The van der Waals surface area contributed by atoms with E-state index in [-0.39, 0.29) is 0 Å². The third kappa shape index (κ3) is 6.63. The van der Waals surface area contributed by atoms with E-state index < -0.39 is 18.0 Å². The SMILES string of the molecule is COc1ccc(CCNC(=O)N[C@@H](C(=O)Nc2ccccc2Cl)c2ccccc2)cc1OC. The lowest BCUT2D eigenvalue weighted by Gasteiger charge is -2.20. The van der Waals surface area contributed by atoms with Crippen molar-refractivity contribution >= 4 is 29.2 Å². The van der Waals surface area contributed by atoms with Crippen molar-refractivity contribution in [2.45, 2.75) is 12.5 Å². The minimum absolute atomic E-state index is 0.370.